The highest BCUT2D eigenvalue weighted by molar-refractivity contribution is 6.27. The normalized spacial score (nSPS) is 12.7. The minimum absolute atomic E-state index is 0.00967. The number of rotatable bonds is 9. The Morgan fingerprint density at radius 1 is 0.824 bits per heavy atom. The van der Waals surface area contributed by atoms with Crippen LogP contribution in [0.25, 0.3) is 10.8 Å². The lowest BCUT2D eigenvalue weighted by Gasteiger charge is -2.27. The average molecular weight is 458 g/mol. The molecule has 2 N–H and O–H groups in total. The average Bonchev–Trinajstić information content (AvgIpc) is 2.84. The number of anilines is 1. The van der Waals surface area contributed by atoms with Crippen molar-refractivity contribution in [1.82, 2.24) is 10.2 Å². The number of nitrogens with zero attached hydrogens (tertiary/aromatic N) is 1. The topological polar surface area (TPSA) is 95.6 Å². The van der Waals surface area contributed by atoms with Crippen LogP contribution in [0.5, 0.6) is 0 Å². The number of carbonyl (C=O) groups excluding carboxylic acids is 4. The number of hydrogen-bond acceptors (Lipinski definition) is 4. The summed E-state index contributed by atoms with van der Waals surface area (Å²) in [6.45, 7) is 2.22. The fourth-order valence-corrected chi connectivity index (χ4v) is 4.27. The molecule has 7 heteroatoms. The molecule has 34 heavy (non-hydrogen) atoms. The van der Waals surface area contributed by atoms with Gasteiger partial charge in [-0.25, -0.2) is 0 Å². The van der Waals surface area contributed by atoms with Crippen LogP contribution in [-0.2, 0) is 16.1 Å². The Hall–Kier alpha value is -4.00. The van der Waals surface area contributed by atoms with Gasteiger partial charge in [-0.05, 0) is 36.6 Å². The molecule has 3 aromatic rings. The third-order valence-corrected chi connectivity index (χ3v) is 5.92. The molecule has 0 radical (unpaired) electrons. The molecule has 0 aromatic heterocycles. The number of unbranched alkanes of at least 4 members (excludes halogenated alkanes) is 2. The Balaban J connectivity index is 1.33. The maximum atomic E-state index is 13.1. The molecular formula is C27H27N3O4. The first-order chi connectivity index (χ1) is 16.5. The predicted molar refractivity (Wildman–Crippen MR) is 130 cm³/mol. The fourth-order valence-electron chi connectivity index (χ4n) is 4.27. The van der Waals surface area contributed by atoms with Crippen LogP contribution in [0.15, 0.2) is 60.7 Å². The maximum Gasteiger partial charge on any atom is 0.261 e. The van der Waals surface area contributed by atoms with E-state index in [1.54, 1.807) is 30.3 Å². The number of hydrogen-bond donors (Lipinski definition) is 2. The number of imide groups is 1. The van der Waals surface area contributed by atoms with Gasteiger partial charge in [0.1, 0.15) is 0 Å². The summed E-state index contributed by atoms with van der Waals surface area (Å²) in [5.41, 5.74) is 2.55. The third kappa shape index (κ3) is 4.98. The van der Waals surface area contributed by atoms with Crippen LogP contribution in [0, 0.1) is 0 Å². The van der Waals surface area contributed by atoms with E-state index in [0.29, 0.717) is 59.9 Å². The molecule has 0 spiro atoms. The summed E-state index contributed by atoms with van der Waals surface area (Å²) < 4.78 is 0. The van der Waals surface area contributed by atoms with Crippen molar-refractivity contribution in [3.05, 3.63) is 77.4 Å². The number of carbonyl (C=O) groups is 4. The van der Waals surface area contributed by atoms with Crippen LogP contribution in [0.1, 0.15) is 58.9 Å². The second-order valence-corrected chi connectivity index (χ2v) is 8.40. The highest BCUT2D eigenvalue weighted by Gasteiger charge is 2.32. The zero-order valence-electron chi connectivity index (χ0n) is 19.1. The Morgan fingerprint density at radius 2 is 1.56 bits per heavy atom. The van der Waals surface area contributed by atoms with E-state index in [4.69, 9.17) is 0 Å². The SMILES string of the molecule is CC(=O)Nc1ccc2c3c(cccc13)C(=O)N(CCCCCC(=O)NCc1ccccc1)C2=O. The highest BCUT2D eigenvalue weighted by atomic mass is 16.2. The molecule has 0 fully saturated rings. The van der Waals surface area contributed by atoms with Crippen molar-refractivity contribution in [2.75, 3.05) is 11.9 Å². The lowest BCUT2D eigenvalue weighted by Crippen LogP contribution is -2.40. The van der Waals surface area contributed by atoms with Crippen molar-refractivity contribution in [2.24, 2.45) is 0 Å². The van der Waals surface area contributed by atoms with Crippen molar-refractivity contribution >= 4 is 40.1 Å². The van der Waals surface area contributed by atoms with Crippen molar-refractivity contribution in [3.8, 4) is 0 Å². The van der Waals surface area contributed by atoms with Gasteiger partial charge in [0.2, 0.25) is 11.8 Å². The summed E-state index contributed by atoms with van der Waals surface area (Å²) in [6, 6.07) is 18.4. The number of amides is 4. The van der Waals surface area contributed by atoms with E-state index < -0.39 is 0 Å². The number of nitrogens with one attached hydrogen (secondary N) is 2. The van der Waals surface area contributed by atoms with Gasteiger partial charge in [0.25, 0.3) is 11.8 Å². The fraction of sp³-hybridized carbons (Fsp3) is 0.259. The maximum absolute atomic E-state index is 13.1. The molecule has 0 bridgehead atoms. The minimum atomic E-state index is -0.330. The van der Waals surface area contributed by atoms with Gasteiger partial charge >= 0.3 is 0 Å². The Bertz CT molecular complexity index is 1230. The third-order valence-electron chi connectivity index (χ3n) is 5.92. The van der Waals surface area contributed by atoms with Crippen molar-refractivity contribution in [1.29, 1.82) is 0 Å². The molecule has 1 aliphatic rings. The molecule has 1 heterocycles. The van der Waals surface area contributed by atoms with E-state index in [9.17, 15) is 19.2 Å². The molecule has 4 rings (SSSR count). The lowest BCUT2D eigenvalue weighted by atomic mass is 9.93. The molecule has 1 aliphatic heterocycles. The molecule has 7 nitrogen and oxygen atoms in total. The molecule has 0 unspecified atom stereocenters. The van der Waals surface area contributed by atoms with E-state index in [2.05, 4.69) is 10.6 Å². The van der Waals surface area contributed by atoms with Crippen LogP contribution in [0.4, 0.5) is 5.69 Å². The summed E-state index contributed by atoms with van der Waals surface area (Å²) in [6.07, 6.45) is 2.44. The van der Waals surface area contributed by atoms with Crippen LogP contribution >= 0.6 is 0 Å². The quantitative estimate of drug-likeness (QED) is 0.371. The first kappa shape index (κ1) is 23.2. The molecule has 0 saturated heterocycles. The van der Waals surface area contributed by atoms with Crippen molar-refractivity contribution in [2.45, 2.75) is 39.2 Å². The van der Waals surface area contributed by atoms with E-state index in [1.165, 1.54) is 11.8 Å². The van der Waals surface area contributed by atoms with E-state index in [-0.39, 0.29) is 23.6 Å². The minimum Gasteiger partial charge on any atom is -0.352 e. The van der Waals surface area contributed by atoms with Gasteiger partial charge in [-0.1, -0.05) is 48.9 Å². The van der Waals surface area contributed by atoms with Gasteiger partial charge in [0.05, 0.1) is 0 Å². The summed E-state index contributed by atoms with van der Waals surface area (Å²) >= 11 is 0. The van der Waals surface area contributed by atoms with Gasteiger partial charge in [0.15, 0.2) is 0 Å². The largest absolute Gasteiger partial charge is 0.352 e. The Labute approximate surface area is 198 Å². The van der Waals surface area contributed by atoms with Crippen molar-refractivity contribution < 1.29 is 19.2 Å². The molecule has 4 amide bonds. The second kappa shape index (κ2) is 10.3. The van der Waals surface area contributed by atoms with E-state index in [1.807, 2.05) is 30.3 Å². The van der Waals surface area contributed by atoms with Crippen LogP contribution in [-0.4, -0.2) is 35.1 Å². The summed E-state index contributed by atoms with van der Waals surface area (Å²) in [7, 11) is 0. The summed E-state index contributed by atoms with van der Waals surface area (Å²) in [5.74, 6) is -0.888. The Kier molecular flexibility index (Phi) is 7.01. The molecule has 0 atom stereocenters. The van der Waals surface area contributed by atoms with Gasteiger partial charge in [-0.15, -0.1) is 0 Å². The zero-order valence-corrected chi connectivity index (χ0v) is 19.1. The standard InChI is InChI=1S/C27H27N3O4/c1-18(31)29-23-15-14-22-25-20(23)11-8-12-21(25)26(33)30(27(22)34)16-7-3-6-13-24(32)28-17-19-9-4-2-5-10-19/h2,4-5,8-12,14-15H,3,6-7,13,16-17H2,1H3,(H,28,32)(H,29,31). The molecule has 3 aromatic carbocycles. The highest BCUT2D eigenvalue weighted by Crippen LogP contribution is 2.34. The van der Waals surface area contributed by atoms with Crippen LogP contribution < -0.4 is 10.6 Å². The Morgan fingerprint density at radius 3 is 2.29 bits per heavy atom. The van der Waals surface area contributed by atoms with Gasteiger partial charge < -0.3 is 10.6 Å². The number of benzene rings is 3. The van der Waals surface area contributed by atoms with Gasteiger partial charge in [0, 0.05) is 54.0 Å². The van der Waals surface area contributed by atoms with E-state index >= 15 is 0 Å². The smallest absolute Gasteiger partial charge is 0.261 e. The molecule has 0 saturated carbocycles. The monoisotopic (exact) mass is 457 g/mol. The van der Waals surface area contributed by atoms with Gasteiger partial charge in [-0.3, -0.25) is 24.1 Å². The van der Waals surface area contributed by atoms with Gasteiger partial charge in [-0.2, -0.15) is 0 Å². The summed E-state index contributed by atoms with van der Waals surface area (Å²) in [4.78, 5) is 51.1. The lowest BCUT2D eigenvalue weighted by molar-refractivity contribution is -0.121. The predicted octanol–water partition coefficient (Wildman–Crippen LogP) is 4.27. The van der Waals surface area contributed by atoms with Crippen LogP contribution in [0.2, 0.25) is 0 Å². The first-order valence-electron chi connectivity index (χ1n) is 11.5. The van der Waals surface area contributed by atoms with Crippen LogP contribution in [0.3, 0.4) is 0 Å². The molecular weight excluding hydrogens is 430 g/mol. The summed E-state index contributed by atoms with van der Waals surface area (Å²) in [5, 5.41) is 6.92. The first-order valence-corrected chi connectivity index (χ1v) is 11.5. The zero-order chi connectivity index (χ0) is 24.1. The molecule has 0 aliphatic carbocycles. The van der Waals surface area contributed by atoms with E-state index in [0.717, 1.165) is 12.0 Å². The van der Waals surface area contributed by atoms with Crippen molar-refractivity contribution in [3.63, 3.8) is 0 Å². The molecule has 174 valence electrons. The second-order valence-electron chi connectivity index (χ2n) is 8.40.